The van der Waals surface area contributed by atoms with Crippen LogP contribution in [-0.2, 0) is 12.3 Å². The Morgan fingerprint density at radius 2 is 1.61 bits per heavy atom. The van der Waals surface area contributed by atoms with Gasteiger partial charge >= 0.3 is 0 Å². The zero-order chi connectivity index (χ0) is 21.4. The van der Waals surface area contributed by atoms with E-state index < -0.39 is 0 Å². The van der Waals surface area contributed by atoms with Crippen LogP contribution in [-0.4, -0.2) is 19.2 Å². The second-order valence-electron chi connectivity index (χ2n) is 7.43. The first kappa shape index (κ1) is 19.5. The van der Waals surface area contributed by atoms with Crippen molar-refractivity contribution < 1.29 is 4.39 Å². The largest absolute Gasteiger partial charge is 0.272 e. The number of aryl methyl sites for hydroxylation is 1. The summed E-state index contributed by atoms with van der Waals surface area (Å²) in [6.45, 7) is 2.45. The average molecular weight is 431 g/mol. The van der Waals surface area contributed by atoms with Crippen LogP contribution in [0.4, 0.5) is 4.39 Å². The molecule has 5 nitrogen and oxygen atoms in total. The van der Waals surface area contributed by atoms with Crippen molar-refractivity contribution in [2.75, 3.05) is 0 Å². The Balaban J connectivity index is 1.61. The van der Waals surface area contributed by atoms with Gasteiger partial charge < -0.3 is 0 Å². The third-order valence-electron chi connectivity index (χ3n) is 5.22. The van der Waals surface area contributed by atoms with Crippen molar-refractivity contribution in [2.24, 2.45) is 0 Å². The summed E-state index contributed by atoms with van der Waals surface area (Å²) in [4.78, 5) is 13.3. The lowest BCUT2D eigenvalue weighted by Crippen LogP contribution is -2.24. The number of aromatic nitrogens is 4. The van der Waals surface area contributed by atoms with Crippen LogP contribution in [0.15, 0.2) is 82.7 Å². The first-order valence-corrected chi connectivity index (χ1v) is 10.9. The van der Waals surface area contributed by atoms with Gasteiger partial charge in [-0.25, -0.2) is 4.39 Å². The topological polar surface area (TPSA) is 52.2 Å². The quantitative estimate of drug-likeness (QED) is 0.375. The van der Waals surface area contributed by atoms with Crippen LogP contribution in [0.1, 0.15) is 16.7 Å². The fourth-order valence-corrected chi connectivity index (χ4v) is 4.47. The summed E-state index contributed by atoms with van der Waals surface area (Å²) in [5, 5.41) is 10.0. The molecule has 0 aliphatic rings. The molecule has 0 aliphatic heterocycles. The smallest absolute Gasteiger partial charge is 0.263 e. The van der Waals surface area contributed by atoms with Gasteiger partial charge in [-0.05, 0) is 42.3 Å². The van der Waals surface area contributed by atoms with Crippen molar-refractivity contribution in [3.05, 3.63) is 106 Å². The monoisotopic (exact) mass is 430 g/mol. The summed E-state index contributed by atoms with van der Waals surface area (Å²) in [6.07, 6.45) is 0. The molecule has 0 aliphatic carbocycles. The molecule has 154 valence electrons. The Kier molecular flexibility index (Phi) is 5.03. The average Bonchev–Trinajstić information content (AvgIpc) is 3.21. The molecule has 0 saturated carbocycles. The minimum Gasteiger partial charge on any atom is -0.272 e. The van der Waals surface area contributed by atoms with Gasteiger partial charge in [0.05, 0.1) is 17.4 Å². The Morgan fingerprint density at radius 1 is 0.903 bits per heavy atom. The van der Waals surface area contributed by atoms with Crippen LogP contribution < -0.4 is 5.56 Å². The number of rotatable bonds is 5. The molecule has 0 N–H and O–H groups in total. The molecule has 2 aromatic heterocycles. The summed E-state index contributed by atoms with van der Waals surface area (Å²) >= 11 is 1.50. The van der Waals surface area contributed by atoms with Gasteiger partial charge in [-0.1, -0.05) is 65.9 Å². The number of fused-ring (bicyclic) bond motifs is 3. The molecule has 31 heavy (non-hydrogen) atoms. The van der Waals surface area contributed by atoms with Gasteiger partial charge in [0.25, 0.3) is 5.56 Å². The number of para-hydroxylation sites is 1. The van der Waals surface area contributed by atoms with Gasteiger partial charge in [0.1, 0.15) is 5.82 Å². The molecule has 0 amide bonds. The van der Waals surface area contributed by atoms with Gasteiger partial charge in [0.15, 0.2) is 5.16 Å². The molecule has 7 heteroatoms. The standard InChI is InChI=1S/C24H19FN4OS/c1-16-6-8-17(9-7-16)14-28-22(30)20-4-2-3-5-21(20)29-23(28)26-27-24(29)31-15-18-10-12-19(25)13-11-18/h2-13H,14-15H2,1H3. The molecule has 0 spiro atoms. The fourth-order valence-electron chi connectivity index (χ4n) is 3.57. The molecule has 3 aromatic carbocycles. The highest BCUT2D eigenvalue weighted by molar-refractivity contribution is 7.98. The maximum absolute atomic E-state index is 13.3. The lowest BCUT2D eigenvalue weighted by Gasteiger charge is -2.11. The Hall–Kier alpha value is -3.45. The van der Waals surface area contributed by atoms with Gasteiger partial charge in [0, 0.05) is 5.75 Å². The summed E-state index contributed by atoms with van der Waals surface area (Å²) < 4.78 is 16.8. The number of thioether (sulfide) groups is 1. The molecule has 5 aromatic rings. The van der Waals surface area contributed by atoms with Crippen molar-refractivity contribution in [1.29, 1.82) is 0 Å². The highest BCUT2D eigenvalue weighted by atomic mass is 32.2. The normalized spacial score (nSPS) is 11.4. The maximum Gasteiger partial charge on any atom is 0.263 e. The van der Waals surface area contributed by atoms with E-state index in [1.807, 2.05) is 59.9 Å². The third kappa shape index (κ3) is 3.72. The lowest BCUT2D eigenvalue weighted by atomic mass is 10.1. The first-order valence-electron chi connectivity index (χ1n) is 9.89. The minimum atomic E-state index is -0.257. The Morgan fingerprint density at radius 3 is 2.39 bits per heavy atom. The molecular formula is C24H19FN4OS. The molecule has 0 atom stereocenters. The van der Waals surface area contributed by atoms with Crippen LogP contribution in [0.3, 0.4) is 0 Å². The van der Waals surface area contributed by atoms with Crippen LogP contribution in [0, 0.1) is 12.7 Å². The predicted octanol–water partition coefficient (Wildman–Crippen LogP) is 4.83. The van der Waals surface area contributed by atoms with E-state index in [0.717, 1.165) is 16.6 Å². The number of nitrogens with zero attached hydrogens (tertiary/aromatic N) is 4. The first-order chi connectivity index (χ1) is 15.1. The minimum absolute atomic E-state index is 0.0915. The van der Waals surface area contributed by atoms with E-state index in [-0.39, 0.29) is 11.4 Å². The highest BCUT2D eigenvalue weighted by Crippen LogP contribution is 2.25. The second-order valence-corrected chi connectivity index (χ2v) is 8.37. The SMILES string of the molecule is Cc1ccc(Cn2c(=O)c3ccccc3n3c(SCc4ccc(F)cc4)nnc23)cc1. The van der Waals surface area contributed by atoms with Gasteiger partial charge in [-0.2, -0.15) is 0 Å². The molecule has 5 rings (SSSR count). The van der Waals surface area contributed by atoms with Crippen molar-refractivity contribution in [2.45, 2.75) is 24.4 Å². The summed E-state index contributed by atoms with van der Waals surface area (Å²) in [5.74, 6) is 0.866. The summed E-state index contributed by atoms with van der Waals surface area (Å²) in [7, 11) is 0. The van der Waals surface area contributed by atoms with Crippen molar-refractivity contribution in [3.63, 3.8) is 0 Å². The van der Waals surface area contributed by atoms with Crippen molar-refractivity contribution in [1.82, 2.24) is 19.2 Å². The predicted molar refractivity (Wildman–Crippen MR) is 121 cm³/mol. The zero-order valence-electron chi connectivity index (χ0n) is 16.8. The molecule has 0 unspecified atom stereocenters. The van der Waals surface area contributed by atoms with Crippen LogP contribution in [0.2, 0.25) is 0 Å². The molecule has 2 heterocycles. The van der Waals surface area contributed by atoms with E-state index in [1.54, 1.807) is 16.7 Å². The fraction of sp³-hybridized carbons (Fsp3) is 0.125. The van der Waals surface area contributed by atoms with Crippen LogP contribution in [0.25, 0.3) is 16.7 Å². The van der Waals surface area contributed by atoms with Crippen LogP contribution in [0.5, 0.6) is 0 Å². The summed E-state index contributed by atoms with van der Waals surface area (Å²) in [5.41, 5.74) is 3.86. The number of hydrogen-bond acceptors (Lipinski definition) is 4. The molecule has 0 fully saturated rings. The van der Waals surface area contributed by atoms with E-state index in [1.165, 1.54) is 29.5 Å². The second kappa shape index (κ2) is 8.00. The Bertz CT molecular complexity index is 1440. The molecule has 0 saturated heterocycles. The molecule has 0 bridgehead atoms. The third-order valence-corrected chi connectivity index (χ3v) is 6.22. The van der Waals surface area contributed by atoms with E-state index in [2.05, 4.69) is 10.2 Å². The van der Waals surface area contributed by atoms with Gasteiger partial charge in [-0.3, -0.25) is 13.8 Å². The van der Waals surface area contributed by atoms with E-state index in [9.17, 15) is 9.18 Å². The highest BCUT2D eigenvalue weighted by Gasteiger charge is 2.17. The lowest BCUT2D eigenvalue weighted by molar-refractivity contribution is 0.627. The molecular weight excluding hydrogens is 411 g/mol. The van der Waals surface area contributed by atoms with Gasteiger partial charge in [-0.15, -0.1) is 10.2 Å². The Labute approximate surface area is 182 Å². The van der Waals surface area contributed by atoms with E-state index in [4.69, 9.17) is 0 Å². The maximum atomic E-state index is 13.3. The number of halogens is 1. The zero-order valence-corrected chi connectivity index (χ0v) is 17.6. The molecule has 0 radical (unpaired) electrons. The summed E-state index contributed by atoms with van der Waals surface area (Å²) in [6, 6.07) is 22.0. The number of benzene rings is 3. The van der Waals surface area contributed by atoms with Gasteiger partial charge in [0.2, 0.25) is 5.78 Å². The van der Waals surface area contributed by atoms with Crippen molar-refractivity contribution >= 4 is 28.4 Å². The van der Waals surface area contributed by atoms with Crippen LogP contribution >= 0.6 is 11.8 Å². The van der Waals surface area contributed by atoms with E-state index in [0.29, 0.717) is 28.6 Å². The van der Waals surface area contributed by atoms with E-state index >= 15 is 0 Å². The number of hydrogen-bond donors (Lipinski definition) is 0. The van der Waals surface area contributed by atoms with Crippen molar-refractivity contribution in [3.8, 4) is 0 Å².